The molecule has 0 atom stereocenters. The van der Waals surface area contributed by atoms with Crippen molar-refractivity contribution in [2.75, 3.05) is 11.9 Å². The van der Waals surface area contributed by atoms with Crippen molar-refractivity contribution in [2.45, 2.75) is 20.4 Å². The maximum absolute atomic E-state index is 4.49. The molecule has 0 bridgehead atoms. The average molecular weight is 344 g/mol. The lowest BCUT2D eigenvalue weighted by molar-refractivity contribution is 0.748. The van der Waals surface area contributed by atoms with E-state index in [9.17, 15) is 0 Å². The largest absolute Gasteiger partial charge is 0.383 e. The van der Waals surface area contributed by atoms with Crippen LogP contribution >= 0.6 is 15.9 Å². The first-order valence-electron chi connectivity index (χ1n) is 7.05. The lowest BCUT2D eigenvalue weighted by Crippen LogP contribution is -2.09. The van der Waals surface area contributed by atoms with Gasteiger partial charge in [0.2, 0.25) is 0 Å². The van der Waals surface area contributed by atoms with Gasteiger partial charge in [-0.25, -0.2) is 4.98 Å². The van der Waals surface area contributed by atoms with Gasteiger partial charge in [-0.15, -0.1) is 0 Å². The van der Waals surface area contributed by atoms with Crippen LogP contribution in [0.15, 0.2) is 47.2 Å². The zero-order chi connectivity index (χ0) is 14.8. The number of aromatic nitrogens is 2. The number of halogens is 1. The number of hydrogen-bond donors (Lipinski definition) is 1. The molecular formula is C17H18BrN3. The molecule has 0 aliphatic carbocycles. The SMILES string of the molecule is Cc1cc2ncn(CCNc3ccc(Br)cc3)c2cc1C. The highest BCUT2D eigenvalue weighted by molar-refractivity contribution is 9.10. The average Bonchev–Trinajstić information content (AvgIpc) is 2.84. The van der Waals surface area contributed by atoms with Gasteiger partial charge in [0.25, 0.3) is 0 Å². The van der Waals surface area contributed by atoms with Crippen LogP contribution in [0.3, 0.4) is 0 Å². The summed E-state index contributed by atoms with van der Waals surface area (Å²) in [7, 11) is 0. The molecule has 0 saturated heterocycles. The molecule has 0 aliphatic heterocycles. The Morgan fingerprint density at radius 2 is 1.81 bits per heavy atom. The van der Waals surface area contributed by atoms with Crippen LogP contribution in [-0.4, -0.2) is 16.1 Å². The Labute approximate surface area is 133 Å². The molecule has 108 valence electrons. The number of nitrogens with one attached hydrogen (secondary N) is 1. The molecule has 0 fully saturated rings. The maximum atomic E-state index is 4.49. The topological polar surface area (TPSA) is 29.9 Å². The van der Waals surface area contributed by atoms with E-state index in [-0.39, 0.29) is 0 Å². The number of anilines is 1. The third-order valence-electron chi connectivity index (χ3n) is 3.76. The summed E-state index contributed by atoms with van der Waals surface area (Å²) in [5.41, 5.74) is 6.01. The van der Waals surface area contributed by atoms with Crippen molar-refractivity contribution in [3.63, 3.8) is 0 Å². The molecule has 1 heterocycles. The van der Waals surface area contributed by atoms with Gasteiger partial charge < -0.3 is 9.88 Å². The Kier molecular flexibility index (Phi) is 3.97. The molecule has 0 spiro atoms. The van der Waals surface area contributed by atoms with Crippen LogP contribution in [0.4, 0.5) is 5.69 Å². The standard InChI is InChI=1S/C17H18BrN3/c1-12-9-16-17(10-13(12)2)21(11-20-16)8-7-19-15-5-3-14(18)4-6-15/h3-6,9-11,19H,7-8H2,1-2H3. The van der Waals surface area contributed by atoms with Crippen molar-refractivity contribution >= 4 is 32.7 Å². The molecule has 0 saturated carbocycles. The summed E-state index contributed by atoms with van der Waals surface area (Å²) >= 11 is 3.44. The summed E-state index contributed by atoms with van der Waals surface area (Å²) in [5, 5.41) is 3.43. The van der Waals surface area contributed by atoms with E-state index >= 15 is 0 Å². The monoisotopic (exact) mass is 343 g/mol. The Morgan fingerprint density at radius 1 is 1.10 bits per heavy atom. The number of benzene rings is 2. The van der Waals surface area contributed by atoms with E-state index in [4.69, 9.17) is 0 Å². The van der Waals surface area contributed by atoms with Crippen LogP contribution in [0.2, 0.25) is 0 Å². The Hall–Kier alpha value is -1.81. The molecule has 4 heteroatoms. The smallest absolute Gasteiger partial charge is 0.0958 e. The third kappa shape index (κ3) is 3.10. The normalized spacial score (nSPS) is 11.0. The first kappa shape index (κ1) is 14.1. The lowest BCUT2D eigenvalue weighted by atomic mass is 10.1. The predicted octanol–water partition coefficient (Wildman–Crippen LogP) is 4.53. The highest BCUT2D eigenvalue weighted by Crippen LogP contribution is 2.18. The highest BCUT2D eigenvalue weighted by atomic mass is 79.9. The summed E-state index contributed by atoms with van der Waals surface area (Å²) in [6, 6.07) is 12.6. The van der Waals surface area contributed by atoms with Gasteiger partial charge >= 0.3 is 0 Å². The fourth-order valence-electron chi connectivity index (χ4n) is 2.38. The summed E-state index contributed by atoms with van der Waals surface area (Å²) in [6.45, 7) is 6.05. The van der Waals surface area contributed by atoms with Crippen molar-refractivity contribution in [1.82, 2.24) is 9.55 Å². The van der Waals surface area contributed by atoms with Gasteiger partial charge in [0, 0.05) is 23.2 Å². The summed E-state index contributed by atoms with van der Waals surface area (Å²) in [6.07, 6.45) is 1.92. The Morgan fingerprint density at radius 3 is 2.57 bits per heavy atom. The number of aryl methyl sites for hydroxylation is 2. The van der Waals surface area contributed by atoms with Gasteiger partial charge in [-0.3, -0.25) is 0 Å². The molecule has 3 nitrogen and oxygen atoms in total. The van der Waals surface area contributed by atoms with Gasteiger partial charge in [-0.05, 0) is 61.4 Å². The molecule has 0 amide bonds. The minimum atomic E-state index is 0.875. The summed E-state index contributed by atoms with van der Waals surface area (Å²) in [4.78, 5) is 4.49. The molecule has 3 aromatic rings. The van der Waals surface area contributed by atoms with E-state index < -0.39 is 0 Å². The molecule has 2 aromatic carbocycles. The van der Waals surface area contributed by atoms with E-state index in [0.29, 0.717) is 0 Å². The first-order chi connectivity index (χ1) is 10.1. The molecule has 0 radical (unpaired) electrons. The van der Waals surface area contributed by atoms with E-state index in [1.54, 1.807) is 0 Å². The van der Waals surface area contributed by atoms with E-state index in [1.165, 1.54) is 16.6 Å². The number of fused-ring (bicyclic) bond motifs is 1. The second kappa shape index (κ2) is 5.90. The second-order valence-corrected chi connectivity index (χ2v) is 6.21. The molecule has 0 aliphatic rings. The third-order valence-corrected chi connectivity index (χ3v) is 4.29. The number of hydrogen-bond acceptors (Lipinski definition) is 2. The maximum Gasteiger partial charge on any atom is 0.0958 e. The van der Waals surface area contributed by atoms with Crippen LogP contribution in [0.5, 0.6) is 0 Å². The van der Waals surface area contributed by atoms with Gasteiger partial charge in [-0.1, -0.05) is 15.9 Å². The fourth-order valence-corrected chi connectivity index (χ4v) is 2.64. The lowest BCUT2D eigenvalue weighted by Gasteiger charge is -2.09. The van der Waals surface area contributed by atoms with Gasteiger partial charge in [0.05, 0.1) is 17.4 Å². The molecule has 3 rings (SSSR count). The molecule has 21 heavy (non-hydrogen) atoms. The summed E-state index contributed by atoms with van der Waals surface area (Å²) in [5.74, 6) is 0. The van der Waals surface area contributed by atoms with Crippen LogP contribution < -0.4 is 5.32 Å². The zero-order valence-corrected chi connectivity index (χ0v) is 13.8. The minimum Gasteiger partial charge on any atom is -0.383 e. The van der Waals surface area contributed by atoms with Crippen LogP contribution in [0.25, 0.3) is 11.0 Å². The Balaban J connectivity index is 1.70. The highest BCUT2D eigenvalue weighted by Gasteiger charge is 2.04. The number of rotatable bonds is 4. The van der Waals surface area contributed by atoms with E-state index in [1.807, 2.05) is 18.5 Å². The van der Waals surface area contributed by atoms with Crippen molar-refractivity contribution in [1.29, 1.82) is 0 Å². The minimum absolute atomic E-state index is 0.875. The van der Waals surface area contributed by atoms with Crippen LogP contribution in [0, 0.1) is 13.8 Å². The molecule has 1 aromatic heterocycles. The van der Waals surface area contributed by atoms with Crippen molar-refractivity contribution in [3.05, 3.63) is 58.3 Å². The van der Waals surface area contributed by atoms with Gasteiger partial charge in [0.15, 0.2) is 0 Å². The fraction of sp³-hybridized carbons (Fsp3) is 0.235. The van der Waals surface area contributed by atoms with Crippen molar-refractivity contribution < 1.29 is 0 Å². The van der Waals surface area contributed by atoms with E-state index in [2.05, 4.69) is 68.9 Å². The zero-order valence-electron chi connectivity index (χ0n) is 12.2. The molecule has 0 unspecified atom stereocenters. The number of imidazole rings is 1. The van der Waals surface area contributed by atoms with Crippen LogP contribution in [0.1, 0.15) is 11.1 Å². The second-order valence-electron chi connectivity index (χ2n) is 5.30. The molecule has 1 N–H and O–H groups in total. The quantitative estimate of drug-likeness (QED) is 0.754. The summed E-state index contributed by atoms with van der Waals surface area (Å²) < 4.78 is 3.30. The van der Waals surface area contributed by atoms with Gasteiger partial charge in [0.1, 0.15) is 0 Å². The van der Waals surface area contributed by atoms with Crippen molar-refractivity contribution in [2.24, 2.45) is 0 Å². The van der Waals surface area contributed by atoms with Gasteiger partial charge in [-0.2, -0.15) is 0 Å². The predicted molar refractivity (Wildman–Crippen MR) is 91.8 cm³/mol. The van der Waals surface area contributed by atoms with Crippen LogP contribution in [-0.2, 0) is 6.54 Å². The molecular weight excluding hydrogens is 326 g/mol. The van der Waals surface area contributed by atoms with Crippen molar-refractivity contribution in [3.8, 4) is 0 Å². The number of nitrogens with zero attached hydrogens (tertiary/aromatic N) is 2. The first-order valence-corrected chi connectivity index (χ1v) is 7.84. The Bertz CT molecular complexity index is 760. The van der Waals surface area contributed by atoms with E-state index in [0.717, 1.165) is 28.8 Å².